The van der Waals surface area contributed by atoms with E-state index in [4.69, 9.17) is 5.11 Å². The Balaban J connectivity index is 2.31. The third-order valence-electron chi connectivity index (χ3n) is 4.46. The highest BCUT2D eigenvalue weighted by atomic mass is 16.4. The van der Waals surface area contributed by atoms with Crippen LogP contribution in [-0.2, 0) is 14.4 Å². The van der Waals surface area contributed by atoms with Gasteiger partial charge in [0.2, 0.25) is 11.8 Å². The lowest BCUT2D eigenvalue weighted by Crippen LogP contribution is -2.60. The number of hydrogen-bond donors (Lipinski definition) is 4. The van der Waals surface area contributed by atoms with Gasteiger partial charge >= 0.3 is 12.0 Å². The summed E-state index contributed by atoms with van der Waals surface area (Å²) in [6.07, 6.45) is 0. The molecule has 1 aliphatic heterocycles. The molecule has 0 radical (unpaired) electrons. The number of benzene rings is 1. The molecule has 28 heavy (non-hydrogen) atoms. The number of anilines is 2. The van der Waals surface area contributed by atoms with Gasteiger partial charge in [0, 0.05) is 0 Å². The van der Waals surface area contributed by atoms with Crippen molar-refractivity contribution in [3.05, 3.63) is 24.3 Å². The van der Waals surface area contributed by atoms with E-state index in [1.54, 1.807) is 38.1 Å². The molecule has 0 saturated carbocycles. The Morgan fingerprint density at radius 3 is 2.39 bits per heavy atom. The summed E-state index contributed by atoms with van der Waals surface area (Å²) in [5.41, 5.74) is 1.04. The molecule has 4 N–H and O–H groups in total. The molecule has 1 aromatic carbocycles. The highest BCUT2D eigenvalue weighted by molar-refractivity contribution is 6.12. The normalized spacial score (nSPS) is 17.0. The molecule has 152 valence electrons. The molecule has 0 unspecified atom stereocenters. The standard InChI is InChI=1S/C19H26N4O5/c1-10(2)15(17(26)20-9-14(24)25)22-19(28)23-13-8-6-5-7-12(13)21-18(27)16(23)11(3)4/h5-8,10-11,15-16H,9H2,1-4H3,(H,20,26)(H,21,27)(H,22,28)(H,24,25)/t15-,16+/m0/s1. The first kappa shape index (κ1) is 21.2. The Hall–Kier alpha value is -3.10. The first-order valence-corrected chi connectivity index (χ1v) is 9.12. The van der Waals surface area contributed by atoms with Crippen molar-refractivity contribution in [2.24, 2.45) is 11.8 Å². The second-order valence-electron chi connectivity index (χ2n) is 7.35. The molecule has 0 bridgehead atoms. The van der Waals surface area contributed by atoms with E-state index in [1.165, 1.54) is 4.90 Å². The molecule has 0 aromatic heterocycles. The van der Waals surface area contributed by atoms with Gasteiger partial charge in [0.05, 0.1) is 11.4 Å². The number of nitrogens with zero attached hydrogens (tertiary/aromatic N) is 1. The Morgan fingerprint density at radius 1 is 1.18 bits per heavy atom. The molecule has 0 aliphatic carbocycles. The second-order valence-corrected chi connectivity index (χ2v) is 7.35. The van der Waals surface area contributed by atoms with Crippen molar-refractivity contribution in [3.8, 4) is 0 Å². The molecule has 4 amide bonds. The highest BCUT2D eigenvalue weighted by Crippen LogP contribution is 2.34. The molecule has 0 spiro atoms. The lowest BCUT2D eigenvalue weighted by molar-refractivity contribution is -0.138. The van der Waals surface area contributed by atoms with Crippen molar-refractivity contribution < 1.29 is 24.3 Å². The van der Waals surface area contributed by atoms with Crippen molar-refractivity contribution >= 4 is 35.2 Å². The monoisotopic (exact) mass is 390 g/mol. The van der Waals surface area contributed by atoms with Gasteiger partial charge < -0.3 is 21.1 Å². The van der Waals surface area contributed by atoms with E-state index in [0.717, 1.165) is 0 Å². The molecule has 1 aliphatic rings. The van der Waals surface area contributed by atoms with Crippen LogP contribution in [0.4, 0.5) is 16.2 Å². The van der Waals surface area contributed by atoms with Crippen molar-refractivity contribution in [1.29, 1.82) is 0 Å². The number of amides is 4. The Morgan fingerprint density at radius 2 is 1.82 bits per heavy atom. The predicted molar refractivity (Wildman–Crippen MR) is 104 cm³/mol. The topological polar surface area (TPSA) is 128 Å². The summed E-state index contributed by atoms with van der Waals surface area (Å²) in [5, 5.41) is 16.5. The first-order valence-electron chi connectivity index (χ1n) is 9.12. The van der Waals surface area contributed by atoms with E-state index in [9.17, 15) is 19.2 Å². The Kier molecular flexibility index (Phi) is 6.61. The maximum absolute atomic E-state index is 13.1. The SMILES string of the molecule is CC(C)[C@H](NC(=O)N1c2ccccc2NC(=O)[C@H]1C(C)C)C(=O)NCC(=O)O. The summed E-state index contributed by atoms with van der Waals surface area (Å²) in [5.74, 6) is -2.54. The van der Waals surface area contributed by atoms with Crippen LogP contribution < -0.4 is 20.9 Å². The van der Waals surface area contributed by atoms with E-state index in [2.05, 4.69) is 16.0 Å². The number of fused-ring (bicyclic) bond motifs is 1. The van der Waals surface area contributed by atoms with Gasteiger partial charge in [-0.25, -0.2) is 4.79 Å². The van der Waals surface area contributed by atoms with Gasteiger partial charge in [-0.1, -0.05) is 39.8 Å². The van der Waals surface area contributed by atoms with Crippen LogP contribution in [0.5, 0.6) is 0 Å². The van der Waals surface area contributed by atoms with E-state index < -0.39 is 36.5 Å². The van der Waals surface area contributed by atoms with Crippen molar-refractivity contribution in [1.82, 2.24) is 10.6 Å². The third kappa shape index (κ3) is 4.59. The Labute approximate surface area is 163 Å². The molecule has 0 fully saturated rings. The third-order valence-corrected chi connectivity index (χ3v) is 4.46. The minimum Gasteiger partial charge on any atom is -0.480 e. The molecule has 1 aromatic rings. The summed E-state index contributed by atoms with van der Waals surface area (Å²) in [6, 6.07) is 4.64. The van der Waals surface area contributed by atoms with Gasteiger partial charge in [-0.05, 0) is 24.0 Å². The minimum absolute atomic E-state index is 0.169. The zero-order valence-corrected chi connectivity index (χ0v) is 16.4. The van der Waals surface area contributed by atoms with Crippen LogP contribution in [0.15, 0.2) is 24.3 Å². The van der Waals surface area contributed by atoms with Crippen LogP contribution in [0, 0.1) is 11.8 Å². The fourth-order valence-electron chi connectivity index (χ4n) is 3.11. The number of carboxylic acid groups (broad SMARTS) is 1. The maximum atomic E-state index is 13.1. The van der Waals surface area contributed by atoms with E-state index >= 15 is 0 Å². The van der Waals surface area contributed by atoms with E-state index in [-0.39, 0.29) is 17.7 Å². The number of para-hydroxylation sites is 2. The lowest BCUT2D eigenvalue weighted by Gasteiger charge is -2.39. The van der Waals surface area contributed by atoms with Crippen LogP contribution >= 0.6 is 0 Å². The highest BCUT2D eigenvalue weighted by Gasteiger charge is 2.40. The van der Waals surface area contributed by atoms with E-state index in [0.29, 0.717) is 11.4 Å². The zero-order chi connectivity index (χ0) is 21.0. The zero-order valence-electron chi connectivity index (χ0n) is 16.4. The van der Waals surface area contributed by atoms with Gasteiger partial charge in [0.1, 0.15) is 18.6 Å². The molecule has 0 saturated heterocycles. The summed E-state index contributed by atoms with van der Waals surface area (Å²) in [6.45, 7) is 6.60. The van der Waals surface area contributed by atoms with Crippen LogP contribution in [0.1, 0.15) is 27.7 Å². The number of aliphatic carboxylic acids is 1. The molecular weight excluding hydrogens is 364 g/mol. The second kappa shape index (κ2) is 8.73. The van der Waals surface area contributed by atoms with Crippen LogP contribution in [0.3, 0.4) is 0 Å². The molecule has 1 heterocycles. The molecule has 2 atom stereocenters. The van der Waals surface area contributed by atoms with Crippen LogP contribution in [0.25, 0.3) is 0 Å². The largest absolute Gasteiger partial charge is 0.480 e. The van der Waals surface area contributed by atoms with Gasteiger partial charge in [0.25, 0.3) is 0 Å². The predicted octanol–water partition coefficient (Wildman–Crippen LogP) is 1.40. The number of rotatable bonds is 6. The number of carbonyl (C=O) groups excluding carboxylic acids is 3. The number of carbonyl (C=O) groups is 4. The van der Waals surface area contributed by atoms with Gasteiger partial charge in [0.15, 0.2) is 0 Å². The summed E-state index contributed by atoms with van der Waals surface area (Å²) in [4.78, 5) is 50.1. The Bertz CT molecular complexity index is 777. The van der Waals surface area contributed by atoms with Gasteiger partial charge in [-0.2, -0.15) is 0 Å². The number of urea groups is 1. The maximum Gasteiger partial charge on any atom is 0.323 e. The molecule has 9 nitrogen and oxygen atoms in total. The average molecular weight is 390 g/mol. The molecule has 2 rings (SSSR count). The summed E-state index contributed by atoms with van der Waals surface area (Å²) >= 11 is 0. The van der Waals surface area contributed by atoms with Crippen LogP contribution in [0.2, 0.25) is 0 Å². The lowest BCUT2D eigenvalue weighted by atomic mass is 9.97. The minimum atomic E-state index is -1.18. The average Bonchev–Trinajstić information content (AvgIpc) is 2.62. The van der Waals surface area contributed by atoms with E-state index in [1.807, 2.05) is 13.8 Å². The molecule has 9 heteroatoms. The smallest absolute Gasteiger partial charge is 0.323 e. The van der Waals surface area contributed by atoms with Crippen molar-refractivity contribution in [2.75, 3.05) is 16.8 Å². The quantitative estimate of drug-likeness (QED) is 0.584. The molecular formula is C19H26N4O5. The van der Waals surface area contributed by atoms with Crippen molar-refractivity contribution in [2.45, 2.75) is 39.8 Å². The summed E-state index contributed by atoms with van der Waals surface area (Å²) in [7, 11) is 0. The first-order chi connectivity index (χ1) is 13.1. The van der Waals surface area contributed by atoms with Crippen molar-refractivity contribution in [3.63, 3.8) is 0 Å². The summed E-state index contributed by atoms with van der Waals surface area (Å²) < 4.78 is 0. The van der Waals surface area contributed by atoms with Crippen LogP contribution in [-0.4, -0.2) is 47.5 Å². The van der Waals surface area contributed by atoms with Gasteiger partial charge in [-0.3, -0.25) is 19.3 Å². The van der Waals surface area contributed by atoms with Gasteiger partial charge in [-0.15, -0.1) is 0 Å². The number of carboxylic acids is 1. The number of hydrogen-bond acceptors (Lipinski definition) is 4. The fraction of sp³-hybridized carbons (Fsp3) is 0.474. The number of nitrogens with one attached hydrogen (secondary N) is 3. The fourth-order valence-corrected chi connectivity index (χ4v) is 3.11.